The Balaban J connectivity index is 2.64. The monoisotopic (exact) mass is 270 g/mol. The maximum atomic E-state index is 9.20. The molecule has 0 radical (unpaired) electrons. The van der Waals surface area contributed by atoms with Gasteiger partial charge in [-0.05, 0) is 12.1 Å². The van der Waals surface area contributed by atoms with Crippen LogP contribution in [0.25, 0.3) is 21.8 Å². The third kappa shape index (κ3) is 1.70. The van der Waals surface area contributed by atoms with E-state index in [4.69, 9.17) is 16.3 Å². The van der Waals surface area contributed by atoms with Crippen LogP contribution in [0.5, 0.6) is 0 Å². The molecule has 3 aromatic rings. The highest BCUT2D eigenvalue weighted by atomic mass is 14.8. The third-order valence-electron chi connectivity index (χ3n) is 3.20. The highest BCUT2D eigenvalue weighted by molar-refractivity contribution is 6.11. The molecule has 2 N–H and O–H groups in total. The molecule has 0 fully saturated rings. The van der Waals surface area contributed by atoms with Gasteiger partial charge in [-0.2, -0.15) is 15.8 Å². The van der Waals surface area contributed by atoms with Crippen LogP contribution in [0.1, 0.15) is 16.7 Å². The van der Waals surface area contributed by atoms with E-state index >= 15 is 0 Å². The number of nitrogen functional groups attached to an aromatic ring is 1. The topological polar surface area (TPSA) is 123 Å². The quantitative estimate of drug-likeness (QED) is 0.666. The summed E-state index contributed by atoms with van der Waals surface area (Å²) < 4.78 is 0. The lowest BCUT2D eigenvalue weighted by molar-refractivity contribution is 1.43. The Kier molecular flexibility index (Phi) is 2.62. The van der Waals surface area contributed by atoms with E-state index in [1.54, 1.807) is 6.07 Å². The minimum atomic E-state index is 0.190. The van der Waals surface area contributed by atoms with Crippen molar-refractivity contribution in [3.63, 3.8) is 0 Å². The molecule has 96 valence electrons. The number of anilines is 1. The van der Waals surface area contributed by atoms with Gasteiger partial charge in [-0.1, -0.05) is 0 Å². The molecule has 0 aliphatic heterocycles. The van der Waals surface area contributed by atoms with Crippen molar-refractivity contribution in [2.24, 2.45) is 0 Å². The summed E-state index contributed by atoms with van der Waals surface area (Å²) in [7, 11) is 0. The summed E-state index contributed by atoms with van der Waals surface area (Å²) in [5.74, 6) is 0. The van der Waals surface area contributed by atoms with Gasteiger partial charge in [-0.15, -0.1) is 0 Å². The number of fused-ring (bicyclic) bond motifs is 3. The Morgan fingerprint density at radius 2 is 1.57 bits per heavy atom. The lowest BCUT2D eigenvalue weighted by Crippen LogP contribution is -1.90. The van der Waals surface area contributed by atoms with Gasteiger partial charge in [0.1, 0.15) is 23.2 Å². The van der Waals surface area contributed by atoms with Crippen LogP contribution in [0.2, 0.25) is 0 Å². The maximum Gasteiger partial charge on any atom is 0.109 e. The smallest absolute Gasteiger partial charge is 0.109 e. The second-order valence-corrected chi connectivity index (χ2v) is 4.36. The van der Waals surface area contributed by atoms with E-state index in [0.717, 1.165) is 0 Å². The van der Waals surface area contributed by atoms with Crippen molar-refractivity contribution < 1.29 is 0 Å². The highest BCUT2D eigenvalue weighted by Gasteiger charge is 2.13. The van der Waals surface area contributed by atoms with Crippen LogP contribution >= 0.6 is 0 Å². The molecule has 0 aliphatic carbocycles. The van der Waals surface area contributed by atoms with Gasteiger partial charge in [0.05, 0.1) is 28.4 Å². The van der Waals surface area contributed by atoms with Crippen molar-refractivity contribution in [3.05, 3.63) is 41.2 Å². The van der Waals surface area contributed by atoms with Crippen molar-refractivity contribution in [2.45, 2.75) is 0 Å². The summed E-state index contributed by atoms with van der Waals surface area (Å²) in [6.07, 6.45) is 2.94. The molecule has 0 unspecified atom stereocenters. The fraction of sp³-hybridized carbons (Fsp3) is 0. The number of nitriles is 3. The SMILES string of the molecule is N#Cc1cc(C#N)c(N)c2c(cnc3c(C#N)cnc32)c1. The highest BCUT2D eigenvalue weighted by Crippen LogP contribution is 2.31. The van der Waals surface area contributed by atoms with Gasteiger partial charge < -0.3 is 5.73 Å². The number of hydrogen-bond donors (Lipinski definition) is 1. The molecule has 0 saturated heterocycles. The molecule has 2 aromatic heterocycles. The van der Waals surface area contributed by atoms with Crippen LogP contribution in [0.15, 0.2) is 24.5 Å². The molecule has 0 bridgehead atoms. The van der Waals surface area contributed by atoms with Gasteiger partial charge in [0.25, 0.3) is 0 Å². The second kappa shape index (κ2) is 4.45. The number of rotatable bonds is 0. The molecule has 2 heterocycles. The summed E-state index contributed by atoms with van der Waals surface area (Å²) >= 11 is 0. The number of nitrogens with two attached hydrogens (primary N) is 1. The zero-order chi connectivity index (χ0) is 15.0. The predicted octanol–water partition coefficient (Wildman–Crippen LogP) is 1.98. The largest absolute Gasteiger partial charge is 0.397 e. The molecule has 1 aromatic carbocycles. The van der Waals surface area contributed by atoms with Crippen LogP contribution in [0.3, 0.4) is 0 Å². The van der Waals surface area contributed by atoms with E-state index in [0.29, 0.717) is 32.9 Å². The van der Waals surface area contributed by atoms with E-state index in [1.807, 2.05) is 18.2 Å². The van der Waals surface area contributed by atoms with Crippen molar-refractivity contribution in [2.75, 3.05) is 5.73 Å². The molecule has 21 heavy (non-hydrogen) atoms. The minimum Gasteiger partial charge on any atom is -0.397 e. The summed E-state index contributed by atoms with van der Waals surface area (Å²) in [5, 5.41) is 28.5. The molecule has 0 saturated carbocycles. The zero-order valence-corrected chi connectivity index (χ0v) is 10.6. The standard InChI is InChI=1S/C15H6N6/c16-3-8-1-9(4-17)13(19)12-10(2-8)6-20-14-11(5-18)7-21-15(12)14/h1-2,6-7H,19H2. The van der Waals surface area contributed by atoms with Gasteiger partial charge in [0, 0.05) is 23.2 Å². The second-order valence-electron chi connectivity index (χ2n) is 4.36. The van der Waals surface area contributed by atoms with E-state index < -0.39 is 0 Å². The number of nitrogens with zero attached hydrogens (tertiary/aromatic N) is 5. The van der Waals surface area contributed by atoms with Crippen molar-refractivity contribution >= 4 is 27.5 Å². The number of hydrogen-bond acceptors (Lipinski definition) is 6. The molecule has 6 nitrogen and oxygen atoms in total. The summed E-state index contributed by atoms with van der Waals surface area (Å²) in [5.41, 5.74) is 8.03. The Labute approximate surface area is 119 Å². The first kappa shape index (κ1) is 12.3. The lowest BCUT2D eigenvalue weighted by atomic mass is 10.1. The molecule has 0 atom stereocenters. The Bertz CT molecular complexity index is 1030. The number of pyridine rings is 1. The molecule has 0 amide bonds. The lowest BCUT2D eigenvalue weighted by Gasteiger charge is -1.99. The fourth-order valence-corrected chi connectivity index (χ4v) is 2.24. The summed E-state index contributed by atoms with van der Waals surface area (Å²) in [6, 6.07) is 9.01. The maximum absolute atomic E-state index is 9.20. The minimum absolute atomic E-state index is 0.190. The normalized spacial score (nSPS) is 9.95. The molecule has 6 heteroatoms. The van der Waals surface area contributed by atoms with Gasteiger partial charge >= 0.3 is 0 Å². The van der Waals surface area contributed by atoms with Crippen molar-refractivity contribution in [1.29, 1.82) is 15.8 Å². The first-order valence-electron chi connectivity index (χ1n) is 5.91. The van der Waals surface area contributed by atoms with Crippen molar-refractivity contribution in [1.82, 2.24) is 9.97 Å². The summed E-state index contributed by atoms with van der Waals surface area (Å²) in [4.78, 5) is 8.39. The van der Waals surface area contributed by atoms with Crippen molar-refractivity contribution in [3.8, 4) is 18.2 Å². The zero-order valence-electron chi connectivity index (χ0n) is 10.6. The first-order valence-corrected chi connectivity index (χ1v) is 5.91. The predicted molar refractivity (Wildman–Crippen MR) is 75.6 cm³/mol. The average molecular weight is 270 g/mol. The molecular formula is C15H6N6. The molecule has 3 rings (SSSR count). The Morgan fingerprint density at radius 1 is 0.857 bits per heavy atom. The Hall–Kier alpha value is -3.69. The first-order chi connectivity index (χ1) is 10.2. The van der Waals surface area contributed by atoms with Crippen LogP contribution in [0, 0.1) is 34.0 Å². The average Bonchev–Trinajstić information content (AvgIpc) is 2.86. The van der Waals surface area contributed by atoms with Gasteiger partial charge in [-0.3, -0.25) is 9.97 Å². The third-order valence-corrected chi connectivity index (χ3v) is 3.20. The number of aromatic nitrogens is 2. The van der Waals surface area contributed by atoms with Crippen LogP contribution < -0.4 is 5.73 Å². The fourth-order valence-electron chi connectivity index (χ4n) is 2.24. The van der Waals surface area contributed by atoms with Crippen LogP contribution in [-0.4, -0.2) is 9.97 Å². The van der Waals surface area contributed by atoms with E-state index in [2.05, 4.69) is 9.97 Å². The van der Waals surface area contributed by atoms with Gasteiger partial charge in [0.2, 0.25) is 0 Å². The van der Waals surface area contributed by atoms with Crippen LogP contribution in [0.4, 0.5) is 5.69 Å². The molecule has 0 spiro atoms. The van der Waals surface area contributed by atoms with Gasteiger partial charge in [0.15, 0.2) is 0 Å². The van der Waals surface area contributed by atoms with Crippen LogP contribution in [-0.2, 0) is 0 Å². The summed E-state index contributed by atoms with van der Waals surface area (Å²) in [6.45, 7) is 0. The Morgan fingerprint density at radius 3 is 2.24 bits per heavy atom. The van der Waals surface area contributed by atoms with E-state index in [1.165, 1.54) is 18.5 Å². The van der Waals surface area contributed by atoms with E-state index in [-0.39, 0.29) is 11.3 Å². The molecule has 0 aliphatic rings. The van der Waals surface area contributed by atoms with E-state index in [9.17, 15) is 5.26 Å². The van der Waals surface area contributed by atoms with Gasteiger partial charge in [-0.25, -0.2) is 0 Å². The molecular weight excluding hydrogens is 264 g/mol.